The second-order valence-corrected chi connectivity index (χ2v) is 28.8. The van der Waals surface area contributed by atoms with Gasteiger partial charge in [-0.3, -0.25) is 61.6 Å². The number of amides is 7. The summed E-state index contributed by atoms with van der Waals surface area (Å²) < 4.78 is 20.7. The lowest BCUT2D eigenvalue weighted by atomic mass is 9.96. The molecule has 9 aromatic rings. The Morgan fingerprint density at radius 1 is 0.398 bits per heavy atom. The fraction of sp³-hybridized carbons (Fsp3) is 0.167. The second-order valence-electron chi connectivity index (χ2n) is 25.8. The maximum Gasteiger partial charge on any atom is 0.338 e. The van der Waals surface area contributed by atoms with E-state index < -0.39 is 88.2 Å². The third kappa shape index (κ3) is 14.7. The highest BCUT2D eigenvalue weighted by atomic mass is 32.1. The Bertz CT molecular complexity index is 5710. The third-order valence-corrected chi connectivity index (χ3v) is 21.5. The van der Waals surface area contributed by atoms with Crippen LogP contribution in [0, 0.1) is 0 Å². The van der Waals surface area contributed by atoms with Crippen LogP contribution in [0.25, 0.3) is 16.7 Å². The number of fused-ring (bicyclic) bond motifs is 6. The lowest BCUT2D eigenvalue weighted by Crippen LogP contribution is -2.41. The van der Waals surface area contributed by atoms with Gasteiger partial charge in [-0.1, -0.05) is 218 Å². The van der Waals surface area contributed by atoms with Crippen molar-refractivity contribution >= 4 is 128 Å². The van der Waals surface area contributed by atoms with E-state index >= 15 is 0 Å². The van der Waals surface area contributed by atoms with Gasteiger partial charge in [-0.05, 0) is 55.7 Å². The van der Waals surface area contributed by atoms with Crippen molar-refractivity contribution in [2.75, 3.05) is 48.6 Å². The van der Waals surface area contributed by atoms with Crippen LogP contribution in [0.4, 0.5) is 17.1 Å². The molecule has 0 N–H and O–H groups in total. The minimum absolute atomic E-state index is 0.0118. The fourth-order valence-corrected chi connectivity index (χ4v) is 17.0. The van der Waals surface area contributed by atoms with Gasteiger partial charge in [0.25, 0.3) is 34.4 Å². The van der Waals surface area contributed by atoms with Gasteiger partial charge in [0.15, 0.2) is 14.4 Å². The molecule has 113 heavy (non-hydrogen) atoms. The lowest BCUT2D eigenvalue weighted by molar-refractivity contribution is -0.139. The molecule has 26 nitrogen and oxygen atoms in total. The molecule has 0 spiro atoms. The number of aromatic nitrogens is 3. The van der Waals surface area contributed by atoms with Gasteiger partial charge in [-0.25, -0.2) is 44.1 Å². The number of allylic oxidation sites excluding steroid dienone is 3. The Morgan fingerprint density at radius 2 is 0.628 bits per heavy atom. The second kappa shape index (κ2) is 33.3. The first kappa shape index (κ1) is 78.9. The molecule has 3 atom stereocenters. The smallest absolute Gasteiger partial charge is 0.338 e. The molecule has 0 radical (unpaired) electrons. The molecule has 6 aliphatic heterocycles. The molecule has 3 unspecified atom stereocenters. The number of carbonyl (C=O) groups excluding carboxylic acids is 10. The first-order valence-electron chi connectivity index (χ1n) is 34.9. The van der Waals surface area contributed by atoms with E-state index in [1.54, 1.807) is 108 Å². The van der Waals surface area contributed by atoms with Crippen molar-refractivity contribution < 1.29 is 62.2 Å². The standard InChI is InChI=1S/3C27H21N3O5S.C3H7NO/c3*1-4-14-35-26(34)20-15(2)28-27-30(22(20)17-10-6-5-7-11-17)25(33)23(36-27)21-18-12-8-9-13-19(18)29(16(3)31)24(21)32;1-4(2)3-5/h3*4-13,22H,1,14H2,2-3H3;3H,1-2H3/b3*23-21-;. The maximum atomic E-state index is 14.0. The summed E-state index contributed by atoms with van der Waals surface area (Å²) in [5, 5.41) is 0. The number of thiazole rings is 3. The van der Waals surface area contributed by atoms with Gasteiger partial charge in [-0.15, -0.1) is 0 Å². The lowest BCUT2D eigenvalue weighted by Gasteiger charge is -2.24. The van der Waals surface area contributed by atoms with Crippen molar-refractivity contribution in [3.63, 3.8) is 0 Å². The van der Waals surface area contributed by atoms with Crippen LogP contribution in [-0.4, -0.2) is 112 Å². The Balaban J connectivity index is 0.000000152. The number of anilines is 3. The highest BCUT2D eigenvalue weighted by Crippen LogP contribution is 2.40. The molecular weight excluding hydrogens is 1500 g/mol. The van der Waals surface area contributed by atoms with Crippen LogP contribution in [0.1, 0.15) is 93.0 Å². The molecule has 0 saturated carbocycles. The number of carbonyl (C=O) groups is 10. The van der Waals surface area contributed by atoms with Crippen LogP contribution in [0.15, 0.2) is 265 Å². The molecule has 0 fully saturated rings. The fourth-order valence-electron chi connectivity index (χ4n) is 13.6. The van der Waals surface area contributed by atoms with Gasteiger partial charge < -0.3 is 19.1 Å². The van der Waals surface area contributed by atoms with E-state index in [-0.39, 0.29) is 66.9 Å². The SMILES string of the molecule is C=CCOC(=O)C1=C(C)N=c2s/c(=C3\C(=O)N(C(C)=O)c4ccccc43)c(=O)n2C1c1ccccc1.C=CCOC(=O)C1=C(C)N=c2s/c(=C3\C(=O)N(C(C)=O)c4ccccc43)c(=O)n2C1c1ccccc1.C=CCOC(=O)C1=C(C)N=c2s/c(=C3\C(=O)N(C(C)=O)c4ccccc43)c(=O)n2C1c1ccccc1.CN(C)C=O. The minimum Gasteiger partial charge on any atom is -0.458 e. The number of benzene rings is 6. The zero-order valence-corrected chi connectivity index (χ0v) is 64.6. The van der Waals surface area contributed by atoms with Crippen LogP contribution in [0.3, 0.4) is 0 Å². The maximum absolute atomic E-state index is 14.0. The number of esters is 3. The third-order valence-electron chi connectivity index (χ3n) is 18.3. The van der Waals surface area contributed by atoms with Crippen LogP contribution in [0.5, 0.6) is 0 Å². The number of hydrogen-bond acceptors (Lipinski definition) is 22. The zero-order chi connectivity index (χ0) is 81.0. The molecular formula is C84H70N10O16S3. The highest BCUT2D eigenvalue weighted by Gasteiger charge is 2.43. The largest absolute Gasteiger partial charge is 0.458 e. The monoisotopic (exact) mass is 1570 g/mol. The topological polar surface area (TPSA) is 314 Å². The van der Waals surface area contributed by atoms with E-state index in [0.29, 0.717) is 81.9 Å². The first-order chi connectivity index (χ1) is 54.3. The molecule has 0 saturated heterocycles. The van der Waals surface area contributed by atoms with Crippen molar-refractivity contribution in [1.29, 1.82) is 0 Å². The number of rotatable bonds is 13. The Morgan fingerprint density at radius 3 is 0.850 bits per heavy atom. The summed E-state index contributed by atoms with van der Waals surface area (Å²) >= 11 is 3.18. The molecule has 570 valence electrons. The molecule has 29 heteroatoms. The summed E-state index contributed by atoms with van der Waals surface area (Å²) in [5.74, 6) is -4.83. The molecule has 7 amide bonds. The molecule has 6 aromatic carbocycles. The normalized spacial score (nSPS) is 17.4. The predicted octanol–water partition coefficient (Wildman–Crippen LogP) is 6.39. The number of imide groups is 3. The highest BCUT2D eigenvalue weighted by molar-refractivity contribution is 7.08. The van der Waals surface area contributed by atoms with E-state index in [2.05, 4.69) is 34.7 Å². The van der Waals surface area contributed by atoms with Gasteiger partial charge in [0.1, 0.15) is 33.4 Å². The summed E-state index contributed by atoms with van der Waals surface area (Å²) in [6.45, 7) is 19.8. The van der Waals surface area contributed by atoms with Crippen molar-refractivity contribution in [2.45, 2.75) is 59.7 Å². The Hall–Kier alpha value is -13.6. The van der Waals surface area contributed by atoms with Crippen LogP contribution in [-0.2, 0) is 62.2 Å². The van der Waals surface area contributed by atoms with Gasteiger partial charge in [-0.2, -0.15) is 0 Å². The van der Waals surface area contributed by atoms with Crippen molar-refractivity contribution in [3.05, 3.63) is 328 Å². The zero-order valence-electron chi connectivity index (χ0n) is 62.1. The number of nitrogens with zero attached hydrogens (tertiary/aromatic N) is 10. The van der Waals surface area contributed by atoms with E-state index in [1.165, 1.54) is 57.6 Å². The van der Waals surface area contributed by atoms with Crippen LogP contribution in [0.2, 0.25) is 0 Å². The number of hydrogen-bond donors (Lipinski definition) is 0. The van der Waals surface area contributed by atoms with Crippen molar-refractivity contribution in [1.82, 2.24) is 18.6 Å². The Labute approximate surface area is 655 Å². The van der Waals surface area contributed by atoms with E-state index in [0.717, 1.165) is 55.1 Å². The number of para-hydroxylation sites is 3. The Kier molecular flexibility index (Phi) is 23.3. The van der Waals surface area contributed by atoms with Gasteiger partial charge in [0.05, 0.1) is 85.7 Å². The predicted molar refractivity (Wildman–Crippen MR) is 424 cm³/mol. The van der Waals surface area contributed by atoms with Crippen LogP contribution >= 0.6 is 34.0 Å². The molecule has 3 aromatic heterocycles. The molecule has 9 heterocycles. The summed E-state index contributed by atoms with van der Waals surface area (Å²) in [6.07, 6.45) is 5.14. The van der Waals surface area contributed by atoms with Gasteiger partial charge in [0, 0.05) is 51.6 Å². The average molecular weight is 1570 g/mol. The summed E-state index contributed by atoms with van der Waals surface area (Å²) in [7, 11) is 3.38. The number of ether oxygens (including phenoxy) is 3. The van der Waals surface area contributed by atoms with E-state index in [4.69, 9.17) is 14.2 Å². The minimum atomic E-state index is -0.801. The average Bonchev–Trinajstić information content (AvgIpc) is 1.58. The molecule has 0 bridgehead atoms. The summed E-state index contributed by atoms with van der Waals surface area (Å²) in [6, 6.07) is 45.5. The van der Waals surface area contributed by atoms with E-state index in [9.17, 15) is 62.3 Å². The van der Waals surface area contributed by atoms with E-state index in [1.807, 2.05) is 91.0 Å². The van der Waals surface area contributed by atoms with Crippen molar-refractivity contribution in [2.24, 2.45) is 15.0 Å². The summed E-state index contributed by atoms with van der Waals surface area (Å²) in [5.41, 5.74) is 5.83. The van der Waals surface area contributed by atoms with Crippen LogP contribution < -0.4 is 59.4 Å². The molecule has 6 aliphatic rings. The molecule has 15 rings (SSSR count). The summed E-state index contributed by atoms with van der Waals surface area (Å²) in [4.78, 5) is 187. The molecule has 0 aliphatic carbocycles. The quantitative estimate of drug-likeness (QED) is 0.0522. The van der Waals surface area contributed by atoms with Gasteiger partial charge in [0.2, 0.25) is 24.1 Å². The van der Waals surface area contributed by atoms with Crippen molar-refractivity contribution in [3.8, 4) is 0 Å². The van der Waals surface area contributed by atoms with Gasteiger partial charge >= 0.3 is 17.9 Å². The first-order valence-corrected chi connectivity index (χ1v) is 37.4.